The second-order valence-electron chi connectivity index (χ2n) is 5.40. The van der Waals surface area contributed by atoms with Gasteiger partial charge in [-0.1, -0.05) is 6.07 Å². The molecular formula is C14H17N3O3S. The van der Waals surface area contributed by atoms with Crippen LogP contribution in [0, 0.1) is 0 Å². The van der Waals surface area contributed by atoms with Crippen LogP contribution in [0.25, 0.3) is 0 Å². The highest BCUT2D eigenvalue weighted by atomic mass is 32.1. The monoisotopic (exact) mass is 307 g/mol. The normalized spacial score (nSPS) is 26.1. The molecule has 0 N–H and O–H groups in total. The van der Waals surface area contributed by atoms with E-state index < -0.39 is 12.1 Å². The molecule has 1 aromatic heterocycles. The summed E-state index contributed by atoms with van der Waals surface area (Å²) in [5.41, 5.74) is 0. The third-order valence-corrected chi connectivity index (χ3v) is 5.11. The van der Waals surface area contributed by atoms with Crippen LogP contribution < -0.4 is 0 Å². The molecule has 21 heavy (non-hydrogen) atoms. The van der Waals surface area contributed by atoms with Crippen molar-refractivity contribution in [2.45, 2.75) is 19.0 Å². The first-order valence-corrected chi connectivity index (χ1v) is 7.78. The Morgan fingerprint density at radius 3 is 2.71 bits per heavy atom. The quantitative estimate of drug-likeness (QED) is 0.748. The van der Waals surface area contributed by atoms with Crippen LogP contribution in [-0.4, -0.2) is 71.2 Å². The molecule has 2 saturated heterocycles. The van der Waals surface area contributed by atoms with Crippen molar-refractivity contribution in [1.82, 2.24) is 14.7 Å². The molecule has 3 rings (SSSR count). The Bertz CT molecular complexity index is 586. The highest BCUT2D eigenvalue weighted by Gasteiger charge is 2.45. The van der Waals surface area contributed by atoms with Crippen LogP contribution in [0.1, 0.15) is 16.6 Å². The molecule has 2 fully saturated rings. The maximum Gasteiger partial charge on any atom is 0.264 e. The van der Waals surface area contributed by atoms with Crippen LogP contribution in [0.2, 0.25) is 0 Å². The Kier molecular flexibility index (Phi) is 3.44. The van der Waals surface area contributed by atoms with Crippen molar-refractivity contribution in [3.63, 3.8) is 0 Å². The summed E-state index contributed by atoms with van der Waals surface area (Å²) in [6.45, 7) is 2.91. The molecule has 1 aromatic rings. The van der Waals surface area contributed by atoms with Gasteiger partial charge in [-0.2, -0.15) is 0 Å². The fraction of sp³-hybridized carbons (Fsp3) is 0.500. The molecule has 0 aliphatic carbocycles. The van der Waals surface area contributed by atoms with Gasteiger partial charge in [-0.05, 0) is 18.4 Å². The minimum absolute atomic E-state index is 0.0367. The SMILES string of the molecule is C[C@H]1C(=O)N2CCN(C(=O)c3cccs3)C[C@@H]2C(=O)N1C. The van der Waals surface area contributed by atoms with Crippen LogP contribution >= 0.6 is 11.3 Å². The first kappa shape index (κ1) is 14.1. The molecule has 0 saturated carbocycles. The highest BCUT2D eigenvalue weighted by molar-refractivity contribution is 7.12. The van der Waals surface area contributed by atoms with Crippen molar-refractivity contribution in [3.05, 3.63) is 22.4 Å². The summed E-state index contributed by atoms with van der Waals surface area (Å²) in [6, 6.07) is 2.64. The van der Waals surface area contributed by atoms with E-state index in [0.29, 0.717) is 18.0 Å². The van der Waals surface area contributed by atoms with Gasteiger partial charge in [0.25, 0.3) is 5.91 Å². The first-order chi connectivity index (χ1) is 10.0. The van der Waals surface area contributed by atoms with E-state index >= 15 is 0 Å². The van der Waals surface area contributed by atoms with E-state index in [1.807, 2.05) is 11.4 Å². The molecular weight excluding hydrogens is 290 g/mol. The van der Waals surface area contributed by atoms with Gasteiger partial charge in [0, 0.05) is 20.1 Å². The molecule has 0 unspecified atom stereocenters. The standard InChI is InChI=1S/C14H17N3O3S/c1-9-12(18)17-6-5-16(8-10(17)13(19)15(9)2)14(20)11-4-3-7-21-11/h3-4,7,9-10H,5-6,8H2,1-2H3/t9-,10+/m0/s1. The van der Waals surface area contributed by atoms with Crippen molar-refractivity contribution < 1.29 is 14.4 Å². The summed E-state index contributed by atoms with van der Waals surface area (Å²) in [6.07, 6.45) is 0. The van der Waals surface area contributed by atoms with Gasteiger partial charge >= 0.3 is 0 Å². The van der Waals surface area contributed by atoms with E-state index in [2.05, 4.69) is 0 Å². The van der Waals surface area contributed by atoms with Crippen molar-refractivity contribution in [1.29, 1.82) is 0 Å². The zero-order chi connectivity index (χ0) is 15.1. The first-order valence-electron chi connectivity index (χ1n) is 6.90. The molecule has 0 spiro atoms. The Labute approximate surface area is 126 Å². The molecule has 3 heterocycles. The number of piperazine rings is 2. The fourth-order valence-corrected chi connectivity index (χ4v) is 3.52. The van der Waals surface area contributed by atoms with E-state index in [-0.39, 0.29) is 24.3 Å². The van der Waals surface area contributed by atoms with Crippen molar-refractivity contribution in [2.75, 3.05) is 26.7 Å². The molecule has 7 heteroatoms. The van der Waals surface area contributed by atoms with Gasteiger partial charge in [0.15, 0.2) is 0 Å². The largest absolute Gasteiger partial charge is 0.334 e. The van der Waals surface area contributed by atoms with Crippen LogP contribution in [0.3, 0.4) is 0 Å². The molecule has 6 nitrogen and oxygen atoms in total. The van der Waals surface area contributed by atoms with E-state index in [1.54, 1.807) is 29.8 Å². The average Bonchev–Trinajstić information content (AvgIpc) is 3.04. The maximum absolute atomic E-state index is 12.4. The van der Waals surface area contributed by atoms with Gasteiger partial charge in [0.1, 0.15) is 12.1 Å². The number of fused-ring (bicyclic) bond motifs is 1. The van der Waals surface area contributed by atoms with Crippen LogP contribution in [0.15, 0.2) is 17.5 Å². The number of likely N-dealkylation sites (N-methyl/N-ethyl adjacent to an activating group) is 1. The number of hydrogen-bond donors (Lipinski definition) is 0. The topological polar surface area (TPSA) is 60.9 Å². The van der Waals surface area contributed by atoms with Gasteiger partial charge in [0.2, 0.25) is 11.8 Å². The van der Waals surface area contributed by atoms with Crippen LogP contribution in [-0.2, 0) is 9.59 Å². The molecule has 2 aliphatic rings. The number of thiophene rings is 1. The van der Waals surface area contributed by atoms with Crippen molar-refractivity contribution >= 4 is 29.1 Å². The number of amides is 3. The number of carbonyl (C=O) groups excluding carboxylic acids is 3. The lowest BCUT2D eigenvalue weighted by molar-refractivity contribution is -0.162. The highest BCUT2D eigenvalue weighted by Crippen LogP contribution is 2.22. The molecule has 2 atom stereocenters. The minimum Gasteiger partial charge on any atom is -0.334 e. The number of rotatable bonds is 1. The molecule has 3 amide bonds. The summed E-state index contributed by atoms with van der Waals surface area (Å²) in [5, 5.41) is 1.86. The van der Waals surface area contributed by atoms with Gasteiger partial charge in [-0.25, -0.2) is 0 Å². The maximum atomic E-state index is 12.4. The van der Waals surface area contributed by atoms with Crippen molar-refractivity contribution in [3.8, 4) is 0 Å². The third kappa shape index (κ3) is 2.21. The van der Waals surface area contributed by atoms with Gasteiger partial charge < -0.3 is 14.7 Å². The minimum atomic E-state index is -0.545. The van der Waals surface area contributed by atoms with E-state index in [4.69, 9.17) is 0 Å². The summed E-state index contributed by atoms with van der Waals surface area (Å²) in [7, 11) is 1.64. The van der Waals surface area contributed by atoms with Crippen LogP contribution in [0.5, 0.6) is 0 Å². The summed E-state index contributed by atoms with van der Waals surface area (Å²) < 4.78 is 0. The van der Waals surface area contributed by atoms with Gasteiger partial charge in [0.05, 0.1) is 11.4 Å². The predicted octanol–water partition coefficient (Wildman–Crippen LogP) is 0.262. The zero-order valence-electron chi connectivity index (χ0n) is 12.0. The molecule has 2 aliphatic heterocycles. The molecule has 112 valence electrons. The smallest absolute Gasteiger partial charge is 0.264 e. The Balaban J connectivity index is 1.80. The van der Waals surface area contributed by atoms with Crippen LogP contribution in [0.4, 0.5) is 0 Å². The average molecular weight is 307 g/mol. The van der Waals surface area contributed by atoms with E-state index in [9.17, 15) is 14.4 Å². The second-order valence-corrected chi connectivity index (χ2v) is 6.35. The Morgan fingerprint density at radius 1 is 1.29 bits per heavy atom. The lowest BCUT2D eigenvalue weighted by Crippen LogP contribution is -2.69. The lowest BCUT2D eigenvalue weighted by Gasteiger charge is -2.47. The number of hydrogen-bond acceptors (Lipinski definition) is 4. The van der Waals surface area contributed by atoms with Gasteiger partial charge in [-0.15, -0.1) is 11.3 Å². The Hall–Kier alpha value is -1.89. The summed E-state index contributed by atoms with van der Waals surface area (Å²) >= 11 is 1.39. The Morgan fingerprint density at radius 2 is 2.05 bits per heavy atom. The predicted molar refractivity (Wildman–Crippen MR) is 78.0 cm³/mol. The molecule has 0 aromatic carbocycles. The molecule has 0 radical (unpaired) electrons. The third-order valence-electron chi connectivity index (χ3n) is 4.25. The van der Waals surface area contributed by atoms with Crippen molar-refractivity contribution in [2.24, 2.45) is 0 Å². The molecule has 0 bridgehead atoms. The van der Waals surface area contributed by atoms with E-state index in [0.717, 1.165) is 0 Å². The van der Waals surface area contributed by atoms with E-state index in [1.165, 1.54) is 16.2 Å². The second kappa shape index (κ2) is 5.14. The van der Waals surface area contributed by atoms with Gasteiger partial charge in [-0.3, -0.25) is 14.4 Å². The number of carbonyl (C=O) groups is 3. The zero-order valence-corrected chi connectivity index (χ0v) is 12.8. The lowest BCUT2D eigenvalue weighted by atomic mass is 10.0. The number of nitrogens with zero attached hydrogens (tertiary/aromatic N) is 3. The fourth-order valence-electron chi connectivity index (χ4n) is 2.83. The summed E-state index contributed by atoms with van der Waals surface area (Å²) in [5.74, 6) is -0.192. The summed E-state index contributed by atoms with van der Waals surface area (Å²) in [4.78, 5) is 42.4.